The summed E-state index contributed by atoms with van der Waals surface area (Å²) < 4.78 is 60.2. The van der Waals surface area contributed by atoms with Gasteiger partial charge in [0.25, 0.3) is 0 Å². The number of sulfone groups is 1. The first-order valence-corrected chi connectivity index (χ1v) is 17.2. The molecule has 1 saturated heterocycles. The first-order chi connectivity index (χ1) is 22.4. The predicted octanol–water partition coefficient (Wildman–Crippen LogP) is 6.68. The smallest absolute Gasteiger partial charge is 0.188 e. The van der Waals surface area contributed by atoms with Crippen LogP contribution in [0.5, 0.6) is 0 Å². The maximum atomic E-state index is 14.0. The Bertz CT molecular complexity index is 1580. The zero-order valence-corrected chi connectivity index (χ0v) is 27.0. The largest absolute Gasteiger partial charge is 0.374 e. The van der Waals surface area contributed by atoms with Gasteiger partial charge in [0.2, 0.25) is 0 Å². The lowest BCUT2D eigenvalue weighted by molar-refractivity contribution is -0.256. The molecule has 0 saturated carbocycles. The number of rotatable bonds is 16. The molecule has 0 spiro atoms. The summed E-state index contributed by atoms with van der Waals surface area (Å²) in [6.07, 6.45) is -3.29. The third-order valence-electron chi connectivity index (χ3n) is 7.64. The van der Waals surface area contributed by atoms with Gasteiger partial charge < -0.3 is 23.7 Å². The first-order valence-electron chi connectivity index (χ1n) is 15.5. The summed E-state index contributed by atoms with van der Waals surface area (Å²) in [6, 6.07) is 39.0. The molecule has 1 fully saturated rings. The lowest BCUT2D eigenvalue weighted by Crippen LogP contribution is -2.63. The zero-order chi connectivity index (χ0) is 32.2. The summed E-state index contributed by atoms with van der Waals surface area (Å²) in [5.41, 5.74) is 2.97. The van der Waals surface area contributed by atoms with Gasteiger partial charge >= 0.3 is 0 Å². The van der Waals surface area contributed by atoms with E-state index >= 15 is 0 Å². The van der Waals surface area contributed by atoms with Crippen molar-refractivity contribution >= 4 is 9.84 Å². The summed E-state index contributed by atoms with van der Waals surface area (Å²) in [7, 11) is -3.89. The van der Waals surface area contributed by atoms with Crippen LogP contribution in [0.4, 0.5) is 0 Å². The van der Waals surface area contributed by atoms with Gasteiger partial charge in [-0.25, -0.2) is 8.42 Å². The van der Waals surface area contributed by atoms with Crippen molar-refractivity contribution < 1.29 is 32.1 Å². The van der Waals surface area contributed by atoms with E-state index in [1.807, 2.05) is 121 Å². The van der Waals surface area contributed by atoms with Crippen molar-refractivity contribution in [1.82, 2.24) is 0 Å². The number of hydrogen-bond donors (Lipinski definition) is 0. The van der Waals surface area contributed by atoms with E-state index in [1.54, 1.807) is 6.92 Å². The highest BCUT2D eigenvalue weighted by Crippen LogP contribution is 2.34. The van der Waals surface area contributed by atoms with Crippen LogP contribution in [0, 0.1) is 0 Å². The van der Waals surface area contributed by atoms with E-state index in [0.29, 0.717) is 12.2 Å². The Morgan fingerprint density at radius 3 is 1.43 bits per heavy atom. The van der Waals surface area contributed by atoms with E-state index in [0.717, 1.165) is 22.3 Å². The normalized spacial score (nSPS) is 21.5. The van der Waals surface area contributed by atoms with Crippen molar-refractivity contribution in [2.45, 2.75) is 63.2 Å². The quantitative estimate of drug-likeness (QED) is 0.126. The van der Waals surface area contributed by atoms with Crippen molar-refractivity contribution in [2.24, 2.45) is 0 Å². The van der Waals surface area contributed by atoms with Crippen LogP contribution in [0.25, 0.3) is 0 Å². The molecule has 1 aliphatic heterocycles. The van der Waals surface area contributed by atoms with Crippen molar-refractivity contribution in [1.29, 1.82) is 0 Å². The van der Waals surface area contributed by atoms with E-state index in [9.17, 15) is 8.42 Å². The molecule has 4 aromatic rings. The maximum Gasteiger partial charge on any atom is 0.188 e. The molecule has 4 aromatic carbocycles. The van der Waals surface area contributed by atoms with E-state index in [4.69, 9.17) is 23.7 Å². The van der Waals surface area contributed by atoms with Crippen LogP contribution >= 0.6 is 0 Å². The van der Waals surface area contributed by atoms with Crippen LogP contribution in [0.1, 0.15) is 29.2 Å². The second-order valence-corrected chi connectivity index (χ2v) is 13.7. The van der Waals surface area contributed by atoms with E-state index in [2.05, 4.69) is 6.58 Å². The van der Waals surface area contributed by atoms with Crippen LogP contribution in [0.15, 0.2) is 133 Å². The summed E-state index contributed by atoms with van der Waals surface area (Å²) in [5, 5.41) is 0. The lowest BCUT2D eigenvalue weighted by atomic mass is 9.98. The van der Waals surface area contributed by atoms with Crippen molar-refractivity contribution in [3.05, 3.63) is 156 Å². The summed E-state index contributed by atoms with van der Waals surface area (Å²) >= 11 is 0. The van der Waals surface area contributed by atoms with Crippen molar-refractivity contribution in [2.75, 3.05) is 12.4 Å². The summed E-state index contributed by atoms with van der Waals surface area (Å²) in [6.45, 7) is 6.65. The molecule has 1 unspecified atom stereocenters. The average Bonchev–Trinajstić information content (AvgIpc) is 3.07. The minimum atomic E-state index is -3.89. The zero-order valence-electron chi connectivity index (χ0n) is 26.1. The maximum absolute atomic E-state index is 14.0. The predicted molar refractivity (Wildman–Crippen MR) is 178 cm³/mol. The molecule has 46 heavy (non-hydrogen) atoms. The first kappa shape index (κ1) is 33.7. The molecule has 0 radical (unpaired) electrons. The minimum Gasteiger partial charge on any atom is -0.374 e. The fourth-order valence-corrected chi connectivity index (χ4v) is 7.27. The lowest BCUT2D eigenvalue weighted by Gasteiger charge is -2.45. The number of hydrogen-bond acceptors (Lipinski definition) is 7. The highest BCUT2D eigenvalue weighted by atomic mass is 32.2. The fourth-order valence-electron chi connectivity index (χ4n) is 5.46. The van der Waals surface area contributed by atoms with Gasteiger partial charge in [0.1, 0.15) is 24.4 Å². The fraction of sp³-hybridized carbons (Fsp3) is 0.316. The van der Waals surface area contributed by atoms with Crippen molar-refractivity contribution in [3.8, 4) is 0 Å². The Balaban J connectivity index is 1.49. The molecule has 0 aliphatic carbocycles. The van der Waals surface area contributed by atoms with Gasteiger partial charge in [-0.15, -0.1) is 0 Å². The van der Waals surface area contributed by atoms with Gasteiger partial charge in [0.15, 0.2) is 15.3 Å². The molecule has 0 bridgehead atoms. The van der Waals surface area contributed by atoms with Gasteiger partial charge in [-0.2, -0.15) is 0 Å². The summed E-state index contributed by atoms with van der Waals surface area (Å²) in [4.78, 5) is 0. The molecule has 5 atom stereocenters. The molecule has 1 aliphatic rings. The number of ether oxygens (including phenoxy) is 5. The Labute approximate surface area is 272 Å². The van der Waals surface area contributed by atoms with Gasteiger partial charge in [0.05, 0.1) is 38.8 Å². The van der Waals surface area contributed by atoms with E-state index in [-0.39, 0.29) is 32.2 Å². The molecule has 0 aromatic heterocycles. The highest BCUT2D eigenvalue weighted by Gasteiger charge is 2.52. The molecule has 0 N–H and O–H groups in total. The number of benzene rings is 4. The third kappa shape index (κ3) is 9.69. The topological polar surface area (TPSA) is 80.3 Å². The van der Waals surface area contributed by atoms with Crippen LogP contribution in [-0.2, 0) is 59.9 Å². The summed E-state index contributed by atoms with van der Waals surface area (Å²) in [5.74, 6) is -0.249. The van der Waals surface area contributed by atoms with E-state index in [1.165, 1.54) is 0 Å². The average molecular weight is 643 g/mol. The highest BCUT2D eigenvalue weighted by molar-refractivity contribution is 7.92. The second kappa shape index (κ2) is 16.8. The Morgan fingerprint density at radius 2 is 1.00 bits per heavy atom. The van der Waals surface area contributed by atoms with Crippen LogP contribution in [0.3, 0.4) is 0 Å². The molecular formula is C38H42O7S. The second-order valence-electron chi connectivity index (χ2n) is 11.6. The monoisotopic (exact) mass is 642 g/mol. The van der Waals surface area contributed by atoms with Crippen LogP contribution in [0.2, 0.25) is 0 Å². The molecule has 242 valence electrons. The molecule has 8 heteroatoms. The molecule has 5 rings (SSSR count). The minimum absolute atomic E-state index is 0.0873. The van der Waals surface area contributed by atoms with Gasteiger partial charge in [-0.3, -0.25) is 0 Å². The van der Waals surface area contributed by atoms with Gasteiger partial charge in [-0.05, 0) is 29.2 Å². The Kier molecular flexibility index (Phi) is 12.3. The molecule has 7 nitrogen and oxygen atoms in total. The molecule has 1 heterocycles. The molecular weight excluding hydrogens is 600 g/mol. The van der Waals surface area contributed by atoms with Crippen molar-refractivity contribution in [3.63, 3.8) is 0 Å². The van der Waals surface area contributed by atoms with Gasteiger partial charge in [0, 0.05) is 0 Å². The van der Waals surface area contributed by atoms with Crippen LogP contribution < -0.4 is 0 Å². The SMILES string of the molecule is C=C(C)CS(=O)(=O)C1O[C@H](COCc2ccccc2)[C@H](OCc2ccccc2)[C@H](OCc2ccccc2)[C@H]1OCc1ccccc1. The van der Waals surface area contributed by atoms with Gasteiger partial charge in [-0.1, -0.05) is 133 Å². The van der Waals surface area contributed by atoms with Crippen LogP contribution in [-0.4, -0.2) is 50.6 Å². The van der Waals surface area contributed by atoms with E-state index < -0.39 is 39.7 Å². The Morgan fingerprint density at radius 1 is 0.609 bits per heavy atom. The third-order valence-corrected chi connectivity index (χ3v) is 9.62. The molecule has 0 amide bonds. The Hall–Kier alpha value is -3.63. The standard InChI is InChI=1S/C38H42O7S/c1-29(2)28-46(39,40)38-37(44-26-33-21-13-6-14-22-33)36(43-25-32-19-11-5-12-20-32)35(42-24-31-17-9-4-10-18-31)34(45-38)27-41-23-30-15-7-3-8-16-30/h3-22,34-38H,1,23-28H2,2H3/t34-,35+,36+,37-,38?/m1/s1.